The molecule has 0 fully saturated rings. The number of rotatable bonds is 6. The summed E-state index contributed by atoms with van der Waals surface area (Å²) in [6.07, 6.45) is -3.65. The highest BCUT2D eigenvalue weighted by atomic mass is 19.4. The normalized spacial score (nSPS) is 13.8. The first-order valence-corrected chi connectivity index (χ1v) is 6.78. The Morgan fingerprint density at radius 1 is 1.29 bits per heavy atom. The van der Waals surface area contributed by atoms with Gasteiger partial charge < -0.3 is 14.5 Å². The van der Waals surface area contributed by atoms with Crippen molar-refractivity contribution in [1.29, 1.82) is 0 Å². The fourth-order valence-corrected chi connectivity index (χ4v) is 2.36. The maximum Gasteiger partial charge on any atom is 0.411 e. The summed E-state index contributed by atoms with van der Waals surface area (Å²) in [6.45, 7) is 0.638. The Balaban J connectivity index is 2.24. The topological polar surface area (TPSA) is 34.4 Å². The fraction of sp³-hybridized carbons (Fsp3) is 0.467. The summed E-state index contributed by atoms with van der Waals surface area (Å²) in [7, 11) is 1.70. The van der Waals surface area contributed by atoms with Crippen molar-refractivity contribution >= 4 is 11.0 Å². The number of likely N-dealkylation sites (N-methyl/N-ethyl adjacent to an activating group) is 1. The van der Waals surface area contributed by atoms with Gasteiger partial charge in [0, 0.05) is 17.4 Å². The second kappa shape index (κ2) is 6.49. The third-order valence-corrected chi connectivity index (χ3v) is 3.28. The lowest BCUT2D eigenvalue weighted by Crippen LogP contribution is -2.26. The van der Waals surface area contributed by atoms with E-state index in [0.29, 0.717) is 6.42 Å². The Kier molecular flexibility index (Phi) is 4.90. The van der Waals surface area contributed by atoms with Crippen molar-refractivity contribution in [3.8, 4) is 0 Å². The Morgan fingerprint density at radius 2 is 2.00 bits per heavy atom. The van der Waals surface area contributed by atoms with E-state index >= 15 is 0 Å². The second-order valence-electron chi connectivity index (χ2n) is 4.76. The summed E-state index contributed by atoms with van der Waals surface area (Å²) >= 11 is 0. The molecule has 21 heavy (non-hydrogen) atoms. The number of alkyl halides is 3. The molecule has 0 radical (unpaired) electrons. The zero-order chi connectivity index (χ0) is 15.5. The van der Waals surface area contributed by atoms with Crippen molar-refractivity contribution in [1.82, 2.24) is 5.32 Å². The van der Waals surface area contributed by atoms with Crippen molar-refractivity contribution < 1.29 is 22.3 Å². The van der Waals surface area contributed by atoms with Crippen LogP contribution in [0.25, 0.3) is 11.0 Å². The first-order chi connectivity index (χ1) is 9.96. The van der Waals surface area contributed by atoms with E-state index in [4.69, 9.17) is 9.15 Å². The molecule has 2 rings (SSSR count). The molecule has 1 atom stereocenters. The van der Waals surface area contributed by atoms with Gasteiger partial charge in [-0.15, -0.1) is 0 Å². The van der Waals surface area contributed by atoms with Crippen molar-refractivity contribution in [3.63, 3.8) is 0 Å². The minimum atomic E-state index is -4.32. The van der Waals surface area contributed by atoms with Crippen LogP contribution in [0.1, 0.15) is 24.3 Å². The van der Waals surface area contributed by atoms with Crippen LogP contribution in [0.3, 0.4) is 0 Å². The predicted molar refractivity (Wildman–Crippen MR) is 74.3 cm³/mol. The van der Waals surface area contributed by atoms with E-state index in [-0.39, 0.29) is 12.6 Å². The number of benzene rings is 1. The van der Waals surface area contributed by atoms with Crippen LogP contribution in [-0.4, -0.2) is 26.4 Å². The lowest BCUT2D eigenvalue weighted by Gasteiger charge is -2.17. The van der Waals surface area contributed by atoms with Gasteiger partial charge in [0.25, 0.3) is 0 Å². The molecule has 0 saturated carbocycles. The number of para-hydroxylation sites is 1. The average Bonchev–Trinajstić information content (AvgIpc) is 2.81. The maximum atomic E-state index is 12.2. The van der Waals surface area contributed by atoms with E-state index in [1.165, 1.54) is 0 Å². The smallest absolute Gasteiger partial charge is 0.411 e. The van der Waals surface area contributed by atoms with Gasteiger partial charge in [0.2, 0.25) is 0 Å². The molecule has 1 aromatic carbocycles. The molecule has 6 heteroatoms. The van der Waals surface area contributed by atoms with Gasteiger partial charge in [-0.25, -0.2) is 0 Å². The summed E-state index contributed by atoms with van der Waals surface area (Å²) < 4.78 is 47.1. The lowest BCUT2D eigenvalue weighted by atomic mass is 10.0. The minimum absolute atomic E-state index is 0.0630. The molecule has 1 N–H and O–H groups in total. The van der Waals surface area contributed by atoms with Crippen LogP contribution in [0.2, 0.25) is 0 Å². The third kappa shape index (κ3) is 3.77. The highest BCUT2D eigenvalue weighted by Crippen LogP contribution is 2.31. The Labute approximate surface area is 121 Å². The van der Waals surface area contributed by atoms with Crippen molar-refractivity contribution in [3.05, 3.63) is 35.6 Å². The Bertz CT molecular complexity index is 592. The van der Waals surface area contributed by atoms with E-state index in [1.807, 2.05) is 31.2 Å². The standard InChI is InChI=1S/C15H18F3NO2/c1-3-12-14(10-6-4-5-7-13(10)21-12)11(19-2)8-20-9-15(16,17)18/h4-7,11,19H,3,8-9H2,1-2H3. The van der Waals surface area contributed by atoms with Crippen molar-refractivity contribution in [2.45, 2.75) is 25.6 Å². The minimum Gasteiger partial charge on any atom is -0.461 e. The molecule has 1 heterocycles. The van der Waals surface area contributed by atoms with Crippen LogP contribution in [-0.2, 0) is 11.2 Å². The van der Waals surface area contributed by atoms with Crippen LogP contribution >= 0.6 is 0 Å². The van der Waals surface area contributed by atoms with E-state index in [9.17, 15) is 13.2 Å². The van der Waals surface area contributed by atoms with Gasteiger partial charge in [0.1, 0.15) is 18.0 Å². The van der Waals surface area contributed by atoms with Crippen molar-refractivity contribution in [2.24, 2.45) is 0 Å². The number of hydrogen-bond acceptors (Lipinski definition) is 3. The van der Waals surface area contributed by atoms with Gasteiger partial charge in [-0.1, -0.05) is 25.1 Å². The maximum absolute atomic E-state index is 12.2. The van der Waals surface area contributed by atoms with E-state index in [0.717, 1.165) is 22.3 Å². The van der Waals surface area contributed by atoms with E-state index < -0.39 is 12.8 Å². The predicted octanol–water partition coefficient (Wildman–Crippen LogP) is 3.83. The van der Waals surface area contributed by atoms with Gasteiger partial charge in [-0.3, -0.25) is 0 Å². The monoisotopic (exact) mass is 301 g/mol. The molecule has 3 nitrogen and oxygen atoms in total. The van der Waals surface area contributed by atoms with Gasteiger partial charge in [0.05, 0.1) is 12.6 Å². The fourth-order valence-electron chi connectivity index (χ4n) is 2.36. The number of hydrogen-bond donors (Lipinski definition) is 1. The number of fused-ring (bicyclic) bond motifs is 1. The Hall–Kier alpha value is -1.53. The summed E-state index contributed by atoms with van der Waals surface area (Å²) in [5, 5.41) is 3.91. The quantitative estimate of drug-likeness (QED) is 0.880. The van der Waals surface area contributed by atoms with Crippen LogP contribution in [0.4, 0.5) is 13.2 Å². The average molecular weight is 301 g/mol. The molecule has 0 spiro atoms. The molecule has 0 aliphatic heterocycles. The van der Waals surface area contributed by atoms with Crippen molar-refractivity contribution in [2.75, 3.05) is 20.3 Å². The third-order valence-electron chi connectivity index (χ3n) is 3.28. The second-order valence-corrected chi connectivity index (χ2v) is 4.76. The SMILES string of the molecule is CCc1oc2ccccc2c1C(COCC(F)(F)F)NC. The van der Waals surface area contributed by atoms with Gasteiger partial charge in [-0.05, 0) is 13.1 Å². The zero-order valence-corrected chi connectivity index (χ0v) is 12.0. The molecule has 0 saturated heterocycles. The van der Waals surface area contributed by atoms with Gasteiger partial charge in [0.15, 0.2) is 0 Å². The molecule has 0 aliphatic carbocycles. The number of furan rings is 1. The molecule has 0 bridgehead atoms. The zero-order valence-electron chi connectivity index (χ0n) is 12.0. The summed E-state index contributed by atoms with van der Waals surface area (Å²) in [6, 6.07) is 7.15. The Morgan fingerprint density at radius 3 is 2.62 bits per heavy atom. The summed E-state index contributed by atoms with van der Waals surface area (Å²) in [4.78, 5) is 0. The first kappa shape index (κ1) is 15.9. The largest absolute Gasteiger partial charge is 0.461 e. The molecule has 2 aromatic rings. The highest BCUT2D eigenvalue weighted by Gasteiger charge is 2.29. The first-order valence-electron chi connectivity index (χ1n) is 6.78. The molecule has 1 aromatic heterocycles. The molecular weight excluding hydrogens is 283 g/mol. The van der Waals surface area contributed by atoms with Crippen LogP contribution < -0.4 is 5.32 Å². The van der Waals surface area contributed by atoms with Crippen LogP contribution in [0, 0.1) is 0 Å². The number of aryl methyl sites for hydroxylation is 1. The number of halogens is 3. The number of ether oxygens (including phenoxy) is 1. The van der Waals surface area contributed by atoms with Crippen LogP contribution in [0.15, 0.2) is 28.7 Å². The van der Waals surface area contributed by atoms with Gasteiger partial charge >= 0.3 is 6.18 Å². The summed E-state index contributed by atoms with van der Waals surface area (Å²) in [5.41, 5.74) is 1.61. The number of nitrogens with one attached hydrogen (secondary N) is 1. The van der Waals surface area contributed by atoms with E-state index in [1.54, 1.807) is 7.05 Å². The molecule has 116 valence electrons. The van der Waals surface area contributed by atoms with Crippen LogP contribution in [0.5, 0.6) is 0 Å². The molecule has 0 amide bonds. The molecule has 1 unspecified atom stereocenters. The summed E-state index contributed by atoms with van der Waals surface area (Å²) in [5.74, 6) is 0.770. The lowest BCUT2D eigenvalue weighted by molar-refractivity contribution is -0.175. The van der Waals surface area contributed by atoms with E-state index in [2.05, 4.69) is 5.32 Å². The van der Waals surface area contributed by atoms with Gasteiger partial charge in [-0.2, -0.15) is 13.2 Å². The molecular formula is C15H18F3NO2. The molecule has 0 aliphatic rings. The highest BCUT2D eigenvalue weighted by molar-refractivity contribution is 5.82.